The number of hydrogen-bond donors (Lipinski definition) is 0. The molecular weight excluding hydrogens is 238 g/mol. The second-order valence-corrected chi connectivity index (χ2v) is 6.17. The highest BCUT2D eigenvalue weighted by molar-refractivity contribution is 5.11. The third-order valence-electron chi connectivity index (χ3n) is 4.51. The fourth-order valence-electron chi connectivity index (χ4n) is 3.33. The molecule has 4 nitrogen and oxygen atoms in total. The summed E-state index contributed by atoms with van der Waals surface area (Å²) in [6.45, 7) is 4.21. The number of fused-ring (bicyclic) bond motifs is 2. The Bertz CT molecular complexity index is 435. The first-order chi connectivity index (χ1) is 9.13. The van der Waals surface area contributed by atoms with E-state index in [1.165, 1.54) is 12.8 Å². The molecule has 0 spiro atoms. The maximum absolute atomic E-state index is 6.10. The fourth-order valence-corrected chi connectivity index (χ4v) is 3.33. The van der Waals surface area contributed by atoms with Gasteiger partial charge in [-0.1, -0.05) is 13.8 Å². The van der Waals surface area contributed by atoms with E-state index >= 15 is 0 Å². The highest BCUT2D eigenvalue weighted by Gasteiger charge is 2.39. The largest absolute Gasteiger partial charge is 0.474 e. The molecule has 0 amide bonds. The van der Waals surface area contributed by atoms with Crippen molar-refractivity contribution in [1.82, 2.24) is 14.9 Å². The van der Waals surface area contributed by atoms with Crippen LogP contribution in [0.5, 0.6) is 5.88 Å². The van der Waals surface area contributed by atoms with Crippen molar-refractivity contribution >= 4 is 0 Å². The minimum absolute atomic E-state index is 0.323. The van der Waals surface area contributed by atoms with Crippen LogP contribution < -0.4 is 4.74 Å². The van der Waals surface area contributed by atoms with Gasteiger partial charge in [0.05, 0.1) is 0 Å². The van der Waals surface area contributed by atoms with E-state index < -0.39 is 0 Å². The summed E-state index contributed by atoms with van der Waals surface area (Å²) in [6.07, 6.45) is 7.04. The average Bonchev–Trinajstić information content (AvgIpc) is 2.63. The molecule has 2 aliphatic heterocycles. The molecule has 104 valence electrons. The SMILES string of the molecule is CC(C)c1nccc(OC2CC3CCC(C2)N3C)n1. The van der Waals surface area contributed by atoms with Gasteiger partial charge in [0.15, 0.2) is 0 Å². The van der Waals surface area contributed by atoms with Gasteiger partial charge in [0.25, 0.3) is 0 Å². The predicted molar refractivity (Wildman–Crippen MR) is 74.3 cm³/mol. The van der Waals surface area contributed by atoms with E-state index in [-0.39, 0.29) is 0 Å². The Balaban J connectivity index is 1.67. The molecule has 3 rings (SSSR count). The summed E-state index contributed by atoms with van der Waals surface area (Å²) in [6, 6.07) is 3.29. The lowest BCUT2D eigenvalue weighted by Gasteiger charge is -2.36. The topological polar surface area (TPSA) is 38.2 Å². The molecule has 2 bridgehead atoms. The monoisotopic (exact) mass is 261 g/mol. The highest BCUT2D eigenvalue weighted by Crippen LogP contribution is 2.35. The first-order valence-corrected chi connectivity index (χ1v) is 7.35. The van der Waals surface area contributed by atoms with Crippen LogP contribution in [-0.4, -0.2) is 40.1 Å². The minimum Gasteiger partial charge on any atom is -0.474 e. The van der Waals surface area contributed by atoms with Crippen molar-refractivity contribution in [1.29, 1.82) is 0 Å². The molecule has 0 aromatic carbocycles. The summed E-state index contributed by atoms with van der Waals surface area (Å²) in [4.78, 5) is 11.3. The lowest BCUT2D eigenvalue weighted by molar-refractivity contribution is 0.0630. The van der Waals surface area contributed by atoms with Gasteiger partial charge in [-0.05, 0) is 32.7 Å². The summed E-state index contributed by atoms with van der Waals surface area (Å²) >= 11 is 0. The van der Waals surface area contributed by atoms with Crippen LogP contribution in [0.3, 0.4) is 0 Å². The highest BCUT2D eigenvalue weighted by atomic mass is 16.5. The van der Waals surface area contributed by atoms with Gasteiger partial charge in [-0.15, -0.1) is 0 Å². The molecule has 1 aromatic heterocycles. The summed E-state index contributed by atoms with van der Waals surface area (Å²) in [5, 5.41) is 0. The molecule has 2 aliphatic rings. The Hall–Kier alpha value is -1.16. The summed E-state index contributed by atoms with van der Waals surface area (Å²) in [5.74, 6) is 1.96. The Morgan fingerprint density at radius 2 is 1.95 bits per heavy atom. The molecule has 3 heterocycles. The molecule has 1 aromatic rings. The first-order valence-electron chi connectivity index (χ1n) is 7.35. The van der Waals surface area contributed by atoms with Gasteiger partial charge in [-0.3, -0.25) is 0 Å². The molecule has 4 heteroatoms. The van der Waals surface area contributed by atoms with E-state index in [4.69, 9.17) is 4.74 Å². The molecule has 0 N–H and O–H groups in total. The number of hydrogen-bond acceptors (Lipinski definition) is 4. The number of piperidine rings is 1. The van der Waals surface area contributed by atoms with E-state index in [0.717, 1.165) is 24.5 Å². The maximum Gasteiger partial charge on any atom is 0.216 e. The molecule has 0 radical (unpaired) electrons. The van der Waals surface area contributed by atoms with Crippen molar-refractivity contribution in [2.24, 2.45) is 0 Å². The van der Waals surface area contributed by atoms with E-state index in [1.54, 1.807) is 6.20 Å². The van der Waals surface area contributed by atoms with Crippen molar-refractivity contribution in [3.63, 3.8) is 0 Å². The first kappa shape index (κ1) is 12.9. The molecule has 0 aliphatic carbocycles. The normalized spacial score (nSPS) is 30.8. The average molecular weight is 261 g/mol. The number of ether oxygens (including phenoxy) is 1. The molecular formula is C15H23N3O. The van der Waals surface area contributed by atoms with E-state index in [0.29, 0.717) is 24.1 Å². The van der Waals surface area contributed by atoms with Gasteiger partial charge in [0.1, 0.15) is 11.9 Å². The molecule has 2 saturated heterocycles. The lowest BCUT2D eigenvalue weighted by Crippen LogP contribution is -2.43. The summed E-state index contributed by atoms with van der Waals surface area (Å²) in [5.41, 5.74) is 0. The Morgan fingerprint density at radius 1 is 1.26 bits per heavy atom. The fraction of sp³-hybridized carbons (Fsp3) is 0.733. The van der Waals surface area contributed by atoms with E-state index in [1.807, 2.05) is 6.07 Å². The minimum atomic E-state index is 0.323. The van der Waals surface area contributed by atoms with Gasteiger partial charge in [-0.25, -0.2) is 4.98 Å². The molecule has 2 atom stereocenters. The van der Waals surface area contributed by atoms with Crippen molar-refractivity contribution in [2.75, 3.05) is 7.05 Å². The van der Waals surface area contributed by atoms with Gasteiger partial charge in [0.2, 0.25) is 5.88 Å². The van der Waals surface area contributed by atoms with Crippen LogP contribution in [-0.2, 0) is 0 Å². The van der Waals surface area contributed by atoms with Crippen LogP contribution in [0.1, 0.15) is 51.3 Å². The second kappa shape index (κ2) is 5.08. The number of aromatic nitrogens is 2. The van der Waals surface area contributed by atoms with Crippen molar-refractivity contribution in [2.45, 2.75) is 63.6 Å². The van der Waals surface area contributed by atoms with Gasteiger partial charge in [-0.2, -0.15) is 4.98 Å². The van der Waals surface area contributed by atoms with E-state index in [2.05, 4.69) is 35.8 Å². The maximum atomic E-state index is 6.10. The van der Waals surface area contributed by atoms with Gasteiger partial charge >= 0.3 is 0 Å². The third kappa shape index (κ3) is 2.59. The zero-order valence-corrected chi connectivity index (χ0v) is 12.0. The van der Waals surface area contributed by atoms with Crippen LogP contribution in [0.15, 0.2) is 12.3 Å². The summed E-state index contributed by atoms with van der Waals surface area (Å²) < 4.78 is 6.10. The molecule has 0 saturated carbocycles. The molecule has 2 unspecified atom stereocenters. The second-order valence-electron chi connectivity index (χ2n) is 6.17. The quantitative estimate of drug-likeness (QED) is 0.838. The van der Waals surface area contributed by atoms with Crippen LogP contribution in [0.25, 0.3) is 0 Å². The van der Waals surface area contributed by atoms with E-state index in [9.17, 15) is 0 Å². The predicted octanol–water partition coefficient (Wildman–Crippen LogP) is 2.60. The zero-order valence-electron chi connectivity index (χ0n) is 12.0. The molecule has 19 heavy (non-hydrogen) atoms. The van der Waals surface area contributed by atoms with Gasteiger partial charge in [0, 0.05) is 30.3 Å². The standard InChI is InChI=1S/C15H23N3O/c1-10(2)15-16-7-6-14(17-15)19-13-8-11-4-5-12(9-13)18(11)3/h6-7,10-13H,4-5,8-9H2,1-3H3. The van der Waals surface area contributed by atoms with Crippen LogP contribution in [0.2, 0.25) is 0 Å². The Labute approximate surface area is 115 Å². The Kier molecular flexibility index (Phi) is 3.44. The van der Waals surface area contributed by atoms with Crippen molar-refractivity contribution in [3.05, 3.63) is 18.1 Å². The van der Waals surface area contributed by atoms with Crippen molar-refractivity contribution < 1.29 is 4.74 Å². The third-order valence-corrected chi connectivity index (χ3v) is 4.51. The zero-order chi connectivity index (χ0) is 13.4. The number of nitrogens with zero attached hydrogens (tertiary/aromatic N) is 3. The smallest absolute Gasteiger partial charge is 0.216 e. The summed E-state index contributed by atoms with van der Waals surface area (Å²) in [7, 11) is 2.25. The van der Waals surface area contributed by atoms with Gasteiger partial charge < -0.3 is 9.64 Å². The number of rotatable bonds is 3. The van der Waals surface area contributed by atoms with Crippen molar-refractivity contribution in [3.8, 4) is 5.88 Å². The van der Waals surface area contributed by atoms with Crippen LogP contribution in [0, 0.1) is 0 Å². The van der Waals surface area contributed by atoms with Crippen LogP contribution in [0.4, 0.5) is 0 Å². The van der Waals surface area contributed by atoms with Crippen LogP contribution >= 0.6 is 0 Å². The lowest BCUT2D eigenvalue weighted by atomic mass is 10.0. The molecule has 2 fully saturated rings. The Morgan fingerprint density at radius 3 is 2.58 bits per heavy atom.